The van der Waals surface area contributed by atoms with Crippen LogP contribution in [0.5, 0.6) is 0 Å². The molecule has 0 unspecified atom stereocenters. The molecule has 1 aliphatic carbocycles. The number of aliphatic carboxylic acids is 1. The number of carboxylic acid groups (broad SMARTS) is 1. The lowest BCUT2D eigenvalue weighted by Crippen LogP contribution is -2.44. The lowest BCUT2D eigenvalue weighted by molar-refractivity contribution is -0.139. The molecule has 22 heavy (non-hydrogen) atoms. The predicted octanol–water partition coefficient (Wildman–Crippen LogP) is 2.70. The lowest BCUT2D eigenvalue weighted by atomic mass is 10.0. The smallest absolute Gasteiger partial charge is 0.408 e. The van der Waals surface area contributed by atoms with E-state index in [9.17, 15) is 14.7 Å². The molecule has 5 nitrogen and oxygen atoms in total. The fraction of sp³-hybridized carbons (Fsp3) is 0.529. The lowest BCUT2D eigenvalue weighted by Gasteiger charge is -2.22. The molecule has 2 rings (SSSR count). The first-order valence-electron chi connectivity index (χ1n) is 7.57. The number of carbonyl (C=O) groups is 2. The zero-order valence-electron chi connectivity index (χ0n) is 13.3. The number of rotatable bonds is 4. The number of nitrogens with one attached hydrogen (secondary N) is 1. The third-order valence-electron chi connectivity index (χ3n) is 3.59. The van der Waals surface area contributed by atoms with Gasteiger partial charge in [0.15, 0.2) is 0 Å². The van der Waals surface area contributed by atoms with Crippen molar-refractivity contribution in [2.75, 3.05) is 0 Å². The van der Waals surface area contributed by atoms with E-state index >= 15 is 0 Å². The monoisotopic (exact) mass is 305 g/mol. The van der Waals surface area contributed by atoms with E-state index in [-0.39, 0.29) is 6.42 Å². The summed E-state index contributed by atoms with van der Waals surface area (Å²) in [6.07, 6.45) is 2.83. The van der Waals surface area contributed by atoms with E-state index in [4.69, 9.17) is 4.74 Å². The molecule has 1 aromatic rings. The summed E-state index contributed by atoms with van der Waals surface area (Å²) >= 11 is 0. The van der Waals surface area contributed by atoms with Crippen LogP contribution in [0.2, 0.25) is 0 Å². The van der Waals surface area contributed by atoms with Gasteiger partial charge in [-0.1, -0.05) is 18.2 Å². The van der Waals surface area contributed by atoms with Crippen LogP contribution in [0.3, 0.4) is 0 Å². The van der Waals surface area contributed by atoms with Gasteiger partial charge in [-0.2, -0.15) is 0 Å². The number of alkyl carbamates (subject to hydrolysis) is 1. The maximum atomic E-state index is 11.8. The minimum atomic E-state index is -1.06. The Morgan fingerprint density at radius 3 is 2.59 bits per heavy atom. The molecule has 0 saturated heterocycles. The van der Waals surface area contributed by atoms with Crippen LogP contribution in [0.4, 0.5) is 4.79 Å². The molecular formula is C17H23NO4. The Balaban J connectivity index is 2.03. The molecule has 120 valence electrons. The average Bonchev–Trinajstić information content (AvgIpc) is 2.82. The van der Waals surface area contributed by atoms with Crippen molar-refractivity contribution in [2.45, 2.75) is 58.1 Å². The zero-order valence-corrected chi connectivity index (χ0v) is 13.3. The highest BCUT2D eigenvalue weighted by Crippen LogP contribution is 2.23. The summed E-state index contributed by atoms with van der Waals surface area (Å²) in [5, 5.41) is 11.7. The van der Waals surface area contributed by atoms with Crippen molar-refractivity contribution in [2.24, 2.45) is 0 Å². The summed E-state index contributed by atoms with van der Waals surface area (Å²) in [5.74, 6) is -1.06. The molecule has 0 bridgehead atoms. The highest BCUT2D eigenvalue weighted by atomic mass is 16.6. The van der Waals surface area contributed by atoms with E-state index in [0.29, 0.717) is 0 Å². The Bertz CT molecular complexity index is 575. The molecule has 1 aliphatic rings. The molecule has 0 heterocycles. The van der Waals surface area contributed by atoms with Gasteiger partial charge in [0, 0.05) is 6.42 Å². The molecule has 1 aromatic carbocycles. The number of ether oxygens (including phenoxy) is 1. The Hall–Kier alpha value is -2.04. The van der Waals surface area contributed by atoms with Crippen LogP contribution < -0.4 is 5.32 Å². The van der Waals surface area contributed by atoms with Crippen molar-refractivity contribution in [3.63, 3.8) is 0 Å². The van der Waals surface area contributed by atoms with Gasteiger partial charge in [-0.25, -0.2) is 9.59 Å². The summed E-state index contributed by atoms with van der Waals surface area (Å²) < 4.78 is 5.12. The van der Waals surface area contributed by atoms with Crippen molar-refractivity contribution in [1.29, 1.82) is 0 Å². The third-order valence-corrected chi connectivity index (χ3v) is 3.59. The van der Waals surface area contributed by atoms with Gasteiger partial charge in [-0.15, -0.1) is 0 Å². The predicted molar refractivity (Wildman–Crippen MR) is 83.0 cm³/mol. The number of hydrogen-bond donors (Lipinski definition) is 2. The molecule has 0 spiro atoms. The number of amides is 1. The Kier molecular flexibility index (Phi) is 4.74. The fourth-order valence-electron chi connectivity index (χ4n) is 2.64. The Morgan fingerprint density at radius 1 is 1.27 bits per heavy atom. The van der Waals surface area contributed by atoms with Gasteiger partial charge in [0.05, 0.1) is 0 Å². The van der Waals surface area contributed by atoms with Gasteiger partial charge in [0.25, 0.3) is 0 Å². The van der Waals surface area contributed by atoms with E-state index in [1.165, 1.54) is 11.1 Å². The van der Waals surface area contributed by atoms with E-state index < -0.39 is 23.7 Å². The minimum absolute atomic E-state index is 0.252. The van der Waals surface area contributed by atoms with Gasteiger partial charge in [0.2, 0.25) is 0 Å². The number of carbonyl (C=O) groups excluding carboxylic acids is 1. The first-order valence-corrected chi connectivity index (χ1v) is 7.57. The second-order valence-corrected chi connectivity index (χ2v) is 6.70. The summed E-state index contributed by atoms with van der Waals surface area (Å²) in [6.45, 7) is 5.22. The molecule has 0 aliphatic heterocycles. The van der Waals surface area contributed by atoms with Crippen LogP contribution in [-0.4, -0.2) is 28.8 Å². The number of fused-ring (bicyclic) bond motifs is 1. The van der Waals surface area contributed by atoms with Gasteiger partial charge < -0.3 is 15.2 Å². The number of hydrogen-bond acceptors (Lipinski definition) is 3. The van der Waals surface area contributed by atoms with Gasteiger partial charge in [-0.3, -0.25) is 0 Å². The van der Waals surface area contributed by atoms with Crippen molar-refractivity contribution < 1.29 is 19.4 Å². The molecule has 1 atom stereocenters. The number of benzene rings is 1. The van der Waals surface area contributed by atoms with Crippen molar-refractivity contribution >= 4 is 12.1 Å². The third kappa shape index (κ3) is 4.48. The Labute approximate surface area is 130 Å². The van der Waals surface area contributed by atoms with E-state index in [1.807, 2.05) is 6.07 Å². The molecule has 0 fully saturated rings. The topological polar surface area (TPSA) is 75.6 Å². The molecular weight excluding hydrogens is 282 g/mol. The summed E-state index contributed by atoms with van der Waals surface area (Å²) in [5.41, 5.74) is 2.90. The summed E-state index contributed by atoms with van der Waals surface area (Å²) in [6, 6.07) is 5.06. The van der Waals surface area contributed by atoms with Gasteiger partial charge >= 0.3 is 12.1 Å². The zero-order chi connectivity index (χ0) is 16.3. The van der Waals surface area contributed by atoms with Crippen LogP contribution in [0.15, 0.2) is 18.2 Å². The highest BCUT2D eigenvalue weighted by molar-refractivity contribution is 5.80. The van der Waals surface area contributed by atoms with E-state index in [1.54, 1.807) is 20.8 Å². The van der Waals surface area contributed by atoms with Crippen LogP contribution in [0.1, 0.15) is 43.9 Å². The van der Waals surface area contributed by atoms with Crippen molar-refractivity contribution in [3.05, 3.63) is 34.9 Å². The maximum absolute atomic E-state index is 11.8. The first kappa shape index (κ1) is 16.3. The normalized spacial score (nSPS) is 15.0. The van der Waals surface area contributed by atoms with Crippen LogP contribution in [0, 0.1) is 0 Å². The SMILES string of the molecule is CC(C)(C)OC(=O)N[C@@H](Cc1ccc2c(c1)CCC2)C(=O)O. The second-order valence-electron chi connectivity index (χ2n) is 6.70. The highest BCUT2D eigenvalue weighted by Gasteiger charge is 2.24. The molecule has 0 saturated carbocycles. The van der Waals surface area contributed by atoms with Crippen LogP contribution in [0.25, 0.3) is 0 Å². The number of aryl methyl sites for hydroxylation is 2. The van der Waals surface area contributed by atoms with Crippen LogP contribution in [-0.2, 0) is 28.8 Å². The Morgan fingerprint density at radius 2 is 1.95 bits per heavy atom. The van der Waals surface area contributed by atoms with Gasteiger partial charge in [0.1, 0.15) is 11.6 Å². The second kappa shape index (κ2) is 6.38. The summed E-state index contributed by atoms with van der Waals surface area (Å²) in [4.78, 5) is 23.1. The maximum Gasteiger partial charge on any atom is 0.408 e. The van der Waals surface area contributed by atoms with E-state index in [0.717, 1.165) is 24.8 Å². The quantitative estimate of drug-likeness (QED) is 0.897. The van der Waals surface area contributed by atoms with Crippen LogP contribution >= 0.6 is 0 Å². The first-order chi connectivity index (χ1) is 10.2. The van der Waals surface area contributed by atoms with E-state index in [2.05, 4.69) is 17.4 Å². The molecule has 1 amide bonds. The van der Waals surface area contributed by atoms with Crippen molar-refractivity contribution in [1.82, 2.24) is 5.32 Å². The minimum Gasteiger partial charge on any atom is -0.480 e. The summed E-state index contributed by atoms with van der Waals surface area (Å²) in [7, 11) is 0. The average molecular weight is 305 g/mol. The standard InChI is InChI=1S/C17H23NO4/c1-17(2,3)22-16(21)18-14(15(19)20)10-11-7-8-12-5-4-6-13(12)9-11/h7-9,14H,4-6,10H2,1-3H3,(H,18,21)(H,19,20)/t14-/m0/s1. The molecule has 2 N–H and O–H groups in total. The molecule has 5 heteroatoms. The van der Waals surface area contributed by atoms with Crippen molar-refractivity contribution in [3.8, 4) is 0 Å². The largest absolute Gasteiger partial charge is 0.480 e. The molecule has 0 radical (unpaired) electrons. The molecule has 0 aromatic heterocycles. The number of carboxylic acids is 1. The van der Waals surface area contributed by atoms with Gasteiger partial charge in [-0.05, 0) is 56.7 Å². The fourth-order valence-corrected chi connectivity index (χ4v) is 2.64.